The Labute approximate surface area is 147 Å². The van der Waals surface area contributed by atoms with Gasteiger partial charge in [0.15, 0.2) is 6.29 Å². The number of rotatable bonds is 7. The summed E-state index contributed by atoms with van der Waals surface area (Å²) >= 11 is 1.42. The molecule has 0 spiro atoms. The number of carbonyl (C=O) groups excluding carboxylic acids is 1. The van der Waals surface area contributed by atoms with E-state index in [2.05, 4.69) is 39.8 Å². The Morgan fingerprint density at radius 2 is 2.00 bits per heavy atom. The topological polar surface area (TPSA) is 26.3 Å². The van der Waals surface area contributed by atoms with Gasteiger partial charge in [-0.25, -0.2) is 0 Å². The zero-order valence-electron chi connectivity index (χ0n) is 14.8. The van der Waals surface area contributed by atoms with E-state index in [-0.39, 0.29) is 5.41 Å². The molecule has 2 rings (SSSR count). The van der Waals surface area contributed by atoms with Crippen LogP contribution in [0.4, 0.5) is 4.39 Å². The molecule has 0 radical (unpaired) electrons. The first-order valence-corrected chi connectivity index (χ1v) is 9.19. The van der Waals surface area contributed by atoms with E-state index in [1.54, 1.807) is 0 Å². The lowest BCUT2D eigenvalue weighted by atomic mass is 9.82. The van der Waals surface area contributed by atoms with Crippen molar-refractivity contribution in [2.24, 2.45) is 0 Å². The van der Waals surface area contributed by atoms with Gasteiger partial charge in [-0.3, -0.25) is 9.18 Å². The number of aldehydes is 1. The van der Waals surface area contributed by atoms with Crippen molar-refractivity contribution in [3.63, 3.8) is 0 Å². The number of benzene rings is 1. The summed E-state index contributed by atoms with van der Waals surface area (Å²) in [5, 5.41) is 1.92. The zero-order valence-corrected chi connectivity index (χ0v) is 15.6. The first-order valence-electron chi connectivity index (χ1n) is 8.31. The number of aryl methyl sites for hydroxylation is 1. The lowest BCUT2D eigenvalue weighted by Gasteiger charge is -2.26. The third kappa shape index (κ3) is 4.04. The van der Waals surface area contributed by atoms with E-state index >= 15 is 0 Å². The molecule has 0 N–H and O–H groups in total. The minimum absolute atomic E-state index is 0.109. The Bertz CT molecular complexity index is 698. The second-order valence-corrected chi connectivity index (χ2v) is 7.78. The molecule has 0 fully saturated rings. The maximum absolute atomic E-state index is 12.5. The molecule has 0 atom stereocenters. The summed E-state index contributed by atoms with van der Waals surface area (Å²) < 4.78 is 18.5. The third-order valence-corrected chi connectivity index (χ3v) is 4.82. The van der Waals surface area contributed by atoms with Crippen LogP contribution in [0.2, 0.25) is 0 Å². The van der Waals surface area contributed by atoms with E-state index in [0.29, 0.717) is 17.9 Å². The van der Waals surface area contributed by atoms with Crippen LogP contribution in [0.3, 0.4) is 0 Å². The van der Waals surface area contributed by atoms with Crippen LogP contribution in [0.5, 0.6) is 5.75 Å². The highest BCUT2D eigenvalue weighted by Gasteiger charge is 2.24. The largest absolute Gasteiger partial charge is 0.493 e. The maximum atomic E-state index is 12.5. The fourth-order valence-corrected chi connectivity index (χ4v) is 3.38. The van der Waals surface area contributed by atoms with Crippen molar-refractivity contribution in [3.05, 3.63) is 39.6 Å². The normalized spacial score (nSPS) is 11.5. The van der Waals surface area contributed by atoms with Crippen molar-refractivity contribution in [2.45, 2.75) is 46.0 Å². The van der Waals surface area contributed by atoms with Crippen LogP contribution in [0.15, 0.2) is 23.6 Å². The van der Waals surface area contributed by atoms with Crippen molar-refractivity contribution < 1.29 is 13.9 Å². The third-order valence-electron chi connectivity index (χ3n) is 3.98. The van der Waals surface area contributed by atoms with Crippen molar-refractivity contribution in [1.29, 1.82) is 0 Å². The molecular weight excluding hydrogens is 323 g/mol. The molecule has 1 heterocycles. The molecule has 0 amide bonds. The molecule has 0 aliphatic heterocycles. The SMILES string of the molecule is CCc1cc(-c2ccsc2C=O)c(OCCCF)c(C(C)(C)C)c1. The highest BCUT2D eigenvalue weighted by atomic mass is 32.1. The molecule has 24 heavy (non-hydrogen) atoms. The number of hydrogen-bond acceptors (Lipinski definition) is 3. The summed E-state index contributed by atoms with van der Waals surface area (Å²) in [6.45, 7) is 8.47. The van der Waals surface area contributed by atoms with Gasteiger partial charge >= 0.3 is 0 Å². The van der Waals surface area contributed by atoms with Crippen molar-refractivity contribution in [2.75, 3.05) is 13.3 Å². The van der Waals surface area contributed by atoms with Crippen LogP contribution in [-0.4, -0.2) is 19.6 Å². The number of alkyl halides is 1. The fraction of sp³-hybridized carbons (Fsp3) is 0.450. The summed E-state index contributed by atoms with van der Waals surface area (Å²) in [4.78, 5) is 12.1. The van der Waals surface area contributed by atoms with Crippen molar-refractivity contribution in [3.8, 4) is 16.9 Å². The first-order chi connectivity index (χ1) is 11.4. The average molecular weight is 348 g/mol. The standard InChI is InChI=1S/C20H25FO2S/c1-5-14-11-16(15-7-10-24-18(15)13-22)19(23-9-6-8-21)17(12-14)20(2,3)4/h7,10-13H,5-6,8-9H2,1-4H3. The van der Waals surface area contributed by atoms with Gasteiger partial charge in [-0.1, -0.05) is 33.8 Å². The minimum Gasteiger partial charge on any atom is -0.493 e. The van der Waals surface area contributed by atoms with Gasteiger partial charge in [-0.2, -0.15) is 0 Å². The molecule has 1 aromatic carbocycles. The number of ether oxygens (including phenoxy) is 1. The van der Waals surface area contributed by atoms with Gasteiger partial charge in [0.25, 0.3) is 0 Å². The molecular formula is C20H25FO2S. The van der Waals surface area contributed by atoms with Crippen LogP contribution < -0.4 is 4.74 Å². The van der Waals surface area contributed by atoms with E-state index in [1.165, 1.54) is 16.9 Å². The molecule has 1 aromatic heterocycles. The molecule has 0 aliphatic rings. The van der Waals surface area contributed by atoms with Gasteiger partial charge in [0.1, 0.15) is 5.75 Å². The predicted molar refractivity (Wildman–Crippen MR) is 99.3 cm³/mol. The Morgan fingerprint density at radius 1 is 1.25 bits per heavy atom. The van der Waals surface area contributed by atoms with Crippen molar-refractivity contribution >= 4 is 17.6 Å². The van der Waals surface area contributed by atoms with E-state index in [0.717, 1.165) is 35.1 Å². The highest BCUT2D eigenvalue weighted by molar-refractivity contribution is 7.12. The van der Waals surface area contributed by atoms with Gasteiger partial charge in [0, 0.05) is 23.1 Å². The quantitative estimate of drug-likeness (QED) is 0.465. The van der Waals surface area contributed by atoms with Gasteiger partial charge in [-0.05, 0) is 34.9 Å². The summed E-state index contributed by atoms with van der Waals surface area (Å²) in [6.07, 6.45) is 2.16. The molecule has 0 bridgehead atoms. The minimum atomic E-state index is -0.398. The Morgan fingerprint density at radius 3 is 2.58 bits per heavy atom. The van der Waals surface area contributed by atoms with E-state index < -0.39 is 6.67 Å². The van der Waals surface area contributed by atoms with E-state index in [9.17, 15) is 9.18 Å². The Balaban J connectivity index is 2.67. The predicted octanol–water partition coefficient (Wildman–Crippen LogP) is 5.83. The van der Waals surface area contributed by atoms with Crippen molar-refractivity contribution in [1.82, 2.24) is 0 Å². The number of carbonyl (C=O) groups is 1. The molecule has 0 aliphatic carbocycles. The summed E-state index contributed by atoms with van der Waals surface area (Å²) in [5.41, 5.74) is 4.02. The van der Waals surface area contributed by atoms with Gasteiger partial charge in [0.2, 0.25) is 0 Å². The van der Waals surface area contributed by atoms with E-state index in [1.807, 2.05) is 11.4 Å². The smallest absolute Gasteiger partial charge is 0.160 e. The highest BCUT2D eigenvalue weighted by Crippen LogP contribution is 2.42. The van der Waals surface area contributed by atoms with Crippen LogP contribution in [0, 0.1) is 0 Å². The number of thiophene rings is 1. The lowest BCUT2D eigenvalue weighted by Crippen LogP contribution is -2.15. The Hall–Kier alpha value is -1.68. The van der Waals surface area contributed by atoms with Crippen LogP contribution >= 0.6 is 11.3 Å². The Kier molecular flexibility index (Phi) is 6.16. The van der Waals surface area contributed by atoms with Gasteiger partial charge < -0.3 is 4.74 Å². The number of hydrogen-bond donors (Lipinski definition) is 0. The number of halogens is 1. The lowest BCUT2D eigenvalue weighted by molar-refractivity contribution is 0.112. The summed E-state index contributed by atoms with van der Waals surface area (Å²) in [5.74, 6) is 0.773. The van der Waals surface area contributed by atoms with Gasteiger partial charge in [-0.15, -0.1) is 11.3 Å². The van der Waals surface area contributed by atoms with Crippen LogP contribution in [0.1, 0.15) is 54.9 Å². The van der Waals surface area contributed by atoms with E-state index in [4.69, 9.17) is 4.74 Å². The molecule has 130 valence electrons. The molecule has 2 nitrogen and oxygen atoms in total. The first kappa shape index (κ1) is 18.7. The fourth-order valence-electron chi connectivity index (χ4n) is 2.67. The summed E-state index contributed by atoms with van der Waals surface area (Å²) in [6, 6.07) is 6.22. The van der Waals surface area contributed by atoms with Crippen LogP contribution in [-0.2, 0) is 11.8 Å². The maximum Gasteiger partial charge on any atom is 0.160 e. The summed E-state index contributed by atoms with van der Waals surface area (Å²) in [7, 11) is 0. The molecule has 4 heteroatoms. The second-order valence-electron chi connectivity index (χ2n) is 6.83. The molecule has 2 aromatic rings. The monoisotopic (exact) mass is 348 g/mol. The molecule has 0 unspecified atom stereocenters. The van der Waals surface area contributed by atoms with Gasteiger partial charge in [0.05, 0.1) is 18.2 Å². The average Bonchev–Trinajstić information content (AvgIpc) is 3.02. The second kappa shape index (κ2) is 7.93. The molecule has 0 saturated heterocycles. The van der Waals surface area contributed by atoms with Crippen LogP contribution in [0.25, 0.3) is 11.1 Å². The zero-order chi connectivity index (χ0) is 17.7. The molecule has 0 saturated carbocycles.